The summed E-state index contributed by atoms with van der Waals surface area (Å²) >= 11 is 0. The van der Waals surface area contributed by atoms with Crippen LogP contribution in [0.3, 0.4) is 0 Å². The zero-order chi connectivity index (χ0) is 17.2. The minimum atomic E-state index is -0.500. The lowest BCUT2D eigenvalue weighted by atomic mass is 9.90. The molecule has 0 radical (unpaired) electrons. The van der Waals surface area contributed by atoms with E-state index in [0.29, 0.717) is 18.5 Å². The number of carbonyl (C=O) groups is 2. The van der Waals surface area contributed by atoms with E-state index in [1.807, 2.05) is 18.2 Å². The van der Waals surface area contributed by atoms with Gasteiger partial charge in [0, 0.05) is 18.5 Å². The van der Waals surface area contributed by atoms with E-state index >= 15 is 0 Å². The second kappa shape index (κ2) is 6.71. The van der Waals surface area contributed by atoms with Gasteiger partial charge in [-0.15, -0.1) is 0 Å². The molecule has 1 aliphatic heterocycles. The fraction of sp³-hybridized carbons (Fsp3) is 0.333. The first-order valence-corrected chi connectivity index (χ1v) is 8.98. The molecule has 0 unspecified atom stereocenters. The van der Waals surface area contributed by atoms with Gasteiger partial charge in [-0.1, -0.05) is 36.4 Å². The van der Waals surface area contributed by atoms with Crippen LogP contribution < -0.4 is 10.6 Å². The highest BCUT2D eigenvalue weighted by Crippen LogP contribution is 2.22. The van der Waals surface area contributed by atoms with E-state index < -0.39 is 6.04 Å². The predicted molar refractivity (Wildman–Crippen MR) is 96.3 cm³/mol. The van der Waals surface area contributed by atoms with Gasteiger partial charge < -0.3 is 10.6 Å². The molecule has 4 nitrogen and oxygen atoms in total. The van der Waals surface area contributed by atoms with Crippen molar-refractivity contribution >= 4 is 11.8 Å². The second-order valence-corrected chi connectivity index (χ2v) is 6.92. The summed E-state index contributed by atoms with van der Waals surface area (Å²) in [6, 6.07) is 13.5. The highest BCUT2D eigenvalue weighted by molar-refractivity contribution is 6.00. The molecule has 0 saturated carbocycles. The van der Waals surface area contributed by atoms with Gasteiger partial charge >= 0.3 is 0 Å². The lowest BCUT2D eigenvalue weighted by molar-refractivity contribution is -0.123. The monoisotopic (exact) mass is 334 g/mol. The highest BCUT2D eigenvalue weighted by Gasteiger charge is 2.28. The van der Waals surface area contributed by atoms with E-state index in [4.69, 9.17) is 0 Å². The molecule has 2 aromatic carbocycles. The van der Waals surface area contributed by atoms with Crippen molar-refractivity contribution in [2.75, 3.05) is 0 Å². The number of carbonyl (C=O) groups excluding carboxylic acids is 2. The molecular weight excluding hydrogens is 312 g/mol. The van der Waals surface area contributed by atoms with Gasteiger partial charge in [0.05, 0.1) is 0 Å². The van der Waals surface area contributed by atoms with Crippen LogP contribution in [0.15, 0.2) is 42.5 Å². The molecule has 128 valence electrons. The number of amides is 2. The van der Waals surface area contributed by atoms with Crippen LogP contribution in [-0.2, 0) is 30.6 Å². The Kier molecular flexibility index (Phi) is 4.26. The standard InChI is InChI=1S/C21H22N2O2/c24-20-18-8-4-3-7-17(18)12-19(23-20)21(25)22-13-14-9-10-15-5-1-2-6-16(15)11-14/h3-4,7-11,19H,1-2,5-6,12-13H2,(H,22,25)(H,23,24)/t19-/m1/s1. The maximum atomic E-state index is 12.5. The molecule has 2 N–H and O–H groups in total. The van der Waals surface area contributed by atoms with E-state index in [2.05, 4.69) is 28.8 Å². The van der Waals surface area contributed by atoms with Gasteiger partial charge in [0.2, 0.25) is 5.91 Å². The molecule has 1 aliphatic carbocycles. The van der Waals surface area contributed by atoms with Crippen molar-refractivity contribution in [3.05, 3.63) is 70.3 Å². The minimum absolute atomic E-state index is 0.124. The molecule has 2 aromatic rings. The Morgan fingerprint density at radius 3 is 2.72 bits per heavy atom. The Balaban J connectivity index is 1.40. The third-order valence-corrected chi connectivity index (χ3v) is 5.19. The molecule has 0 saturated heterocycles. The van der Waals surface area contributed by atoms with Crippen LogP contribution in [0.2, 0.25) is 0 Å². The van der Waals surface area contributed by atoms with Crippen molar-refractivity contribution in [2.24, 2.45) is 0 Å². The predicted octanol–water partition coefficient (Wildman–Crippen LogP) is 2.54. The number of rotatable bonds is 3. The summed E-state index contributed by atoms with van der Waals surface area (Å²) < 4.78 is 0. The van der Waals surface area contributed by atoms with Gasteiger partial charge in [0.1, 0.15) is 6.04 Å². The quantitative estimate of drug-likeness (QED) is 0.906. The average Bonchev–Trinajstić information content (AvgIpc) is 2.66. The van der Waals surface area contributed by atoms with Gasteiger partial charge in [-0.05, 0) is 54.0 Å². The molecule has 0 fully saturated rings. The molecule has 0 bridgehead atoms. The van der Waals surface area contributed by atoms with E-state index in [1.165, 1.54) is 24.0 Å². The number of hydrogen-bond acceptors (Lipinski definition) is 2. The topological polar surface area (TPSA) is 58.2 Å². The summed E-state index contributed by atoms with van der Waals surface area (Å²) in [5.74, 6) is -0.295. The number of hydrogen-bond donors (Lipinski definition) is 2. The zero-order valence-corrected chi connectivity index (χ0v) is 14.2. The van der Waals surface area contributed by atoms with Crippen LogP contribution in [-0.4, -0.2) is 17.9 Å². The Labute approximate surface area is 147 Å². The van der Waals surface area contributed by atoms with E-state index in [-0.39, 0.29) is 11.8 Å². The Hall–Kier alpha value is -2.62. The smallest absolute Gasteiger partial charge is 0.252 e. The summed E-state index contributed by atoms with van der Waals surface area (Å²) in [5.41, 5.74) is 5.58. The largest absolute Gasteiger partial charge is 0.350 e. The normalized spacial score (nSPS) is 18.7. The molecule has 4 heteroatoms. The summed E-state index contributed by atoms with van der Waals surface area (Å²) in [6.07, 6.45) is 5.35. The van der Waals surface area contributed by atoms with Crippen LogP contribution in [0.1, 0.15) is 45.5 Å². The van der Waals surface area contributed by atoms with E-state index in [0.717, 1.165) is 24.0 Å². The van der Waals surface area contributed by atoms with Crippen LogP contribution >= 0.6 is 0 Å². The van der Waals surface area contributed by atoms with Crippen molar-refractivity contribution in [3.63, 3.8) is 0 Å². The first-order valence-electron chi connectivity index (χ1n) is 8.98. The first kappa shape index (κ1) is 15.9. The van der Waals surface area contributed by atoms with Gasteiger partial charge in [-0.2, -0.15) is 0 Å². The third kappa shape index (κ3) is 3.29. The van der Waals surface area contributed by atoms with Crippen molar-refractivity contribution < 1.29 is 9.59 Å². The number of fused-ring (bicyclic) bond motifs is 2. The summed E-state index contributed by atoms with van der Waals surface area (Å²) in [4.78, 5) is 24.6. The van der Waals surface area contributed by atoms with Crippen LogP contribution in [0.5, 0.6) is 0 Å². The SMILES string of the molecule is O=C1N[C@@H](C(=O)NCc2ccc3c(c2)CCCC3)Cc2ccccc21. The molecule has 4 rings (SSSR count). The van der Waals surface area contributed by atoms with Crippen LogP contribution in [0.25, 0.3) is 0 Å². The molecule has 2 aliphatic rings. The maximum Gasteiger partial charge on any atom is 0.252 e. The average molecular weight is 334 g/mol. The lowest BCUT2D eigenvalue weighted by Crippen LogP contribution is -2.50. The van der Waals surface area contributed by atoms with Crippen molar-refractivity contribution in [1.29, 1.82) is 0 Å². The Bertz CT molecular complexity index is 828. The van der Waals surface area contributed by atoms with Crippen molar-refractivity contribution in [2.45, 2.75) is 44.7 Å². The van der Waals surface area contributed by atoms with Gasteiger partial charge in [-0.25, -0.2) is 0 Å². The van der Waals surface area contributed by atoms with Crippen LogP contribution in [0.4, 0.5) is 0 Å². The zero-order valence-electron chi connectivity index (χ0n) is 14.2. The fourth-order valence-electron chi connectivity index (χ4n) is 3.79. The molecule has 2 amide bonds. The Morgan fingerprint density at radius 1 is 1.04 bits per heavy atom. The van der Waals surface area contributed by atoms with Crippen LogP contribution in [0, 0.1) is 0 Å². The third-order valence-electron chi connectivity index (χ3n) is 5.19. The molecule has 25 heavy (non-hydrogen) atoms. The fourth-order valence-corrected chi connectivity index (χ4v) is 3.79. The Morgan fingerprint density at radius 2 is 1.84 bits per heavy atom. The summed E-state index contributed by atoms with van der Waals surface area (Å²) in [6.45, 7) is 0.500. The molecular formula is C21H22N2O2. The number of aryl methyl sites for hydroxylation is 2. The van der Waals surface area contributed by atoms with Crippen molar-refractivity contribution in [3.8, 4) is 0 Å². The lowest BCUT2D eigenvalue weighted by Gasteiger charge is -2.25. The molecule has 1 atom stereocenters. The molecule has 0 spiro atoms. The number of nitrogens with one attached hydrogen (secondary N) is 2. The minimum Gasteiger partial charge on any atom is -0.350 e. The van der Waals surface area contributed by atoms with Gasteiger partial charge in [0.15, 0.2) is 0 Å². The molecule has 1 heterocycles. The molecule has 0 aromatic heterocycles. The van der Waals surface area contributed by atoms with E-state index in [9.17, 15) is 9.59 Å². The highest BCUT2D eigenvalue weighted by atomic mass is 16.2. The summed E-state index contributed by atoms with van der Waals surface area (Å²) in [5, 5.41) is 5.78. The second-order valence-electron chi connectivity index (χ2n) is 6.92. The summed E-state index contributed by atoms with van der Waals surface area (Å²) in [7, 11) is 0. The van der Waals surface area contributed by atoms with Gasteiger partial charge in [-0.3, -0.25) is 9.59 Å². The van der Waals surface area contributed by atoms with Gasteiger partial charge in [0.25, 0.3) is 5.91 Å². The maximum absolute atomic E-state index is 12.5. The van der Waals surface area contributed by atoms with Crippen molar-refractivity contribution in [1.82, 2.24) is 10.6 Å². The first-order chi connectivity index (χ1) is 12.2. The number of benzene rings is 2. The van der Waals surface area contributed by atoms with E-state index in [1.54, 1.807) is 6.07 Å².